The van der Waals surface area contributed by atoms with Crippen LogP contribution in [0, 0.1) is 29.1 Å². The highest BCUT2D eigenvalue weighted by Gasteiger charge is 2.29. The second-order valence-electron chi connectivity index (χ2n) is 3.99. The molecule has 1 unspecified atom stereocenters. The summed E-state index contributed by atoms with van der Waals surface area (Å²) in [5, 5.41) is 2.51. The average Bonchev–Trinajstić information content (AvgIpc) is 2.32. The molecule has 0 aromatic heterocycles. The topological polar surface area (TPSA) is 12.0 Å². The Balaban J connectivity index is 3.43. The Morgan fingerprint density at radius 2 is 1.39 bits per heavy atom. The summed E-state index contributed by atoms with van der Waals surface area (Å²) in [7, 11) is 1.37. The lowest BCUT2D eigenvalue weighted by Crippen LogP contribution is -2.21. The summed E-state index contributed by atoms with van der Waals surface area (Å²) in [5.41, 5.74) is -0.310. The maximum Gasteiger partial charge on any atom is 0.200 e. The molecule has 0 spiro atoms. The van der Waals surface area contributed by atoms with E-state index in [0.29, 0.717) is 5.57 Å². The second kappa shape index (κ2) is 5.48. The molecule has 0 heterocycles. The minimum Gasteiger partial charge on any atom is -0.313 e. The zero-order chi connectivity index (χ0) is 14.0. The normalized spacial score (nSPS) is 12.6. The molecule has 1 N–H and O–H groups in total. The Kier molecular flexibility index (Phi) is 4.45. The smallest absolute Gasteiger partial charge is 0.200 e. The van der Waals surface area contributed by atoms with Crippen LogP contribution in [-0.4, -0.2) is 7.05 Å². The van der Waals surface area contributed by atoms with Gasteiger partial charge in [0.25, 0.3) is 0 Å². The number of nitrogens with one attached hydrogen (secondary N) is 1. The Bertz CT molecular complexity index is 455. The highest BCUT2D eigenvalue weighted by Crippen LogP contribution is 2.30. The average molecular weight is 265 g/mol. The molecule has 0 bridgehead atoms. The molecular formula is C12H12F5N. The quantitative estimate of drug-likeness (QED) is 0.379. The molecule has 0 aliphatic rings. The van der Waals surface area contributed by atoms with Gasteiger partial charge in [-0.2, -0.15) is 0 Å². The summed E-state index contributed by atoms with van der Waals surface area (Å²) >= 11 is 0. The third kappa shape index (κ3) is 2.53. The number of hydrogen-bond acceptors (Lipinski definition) is 1. The van der Waals surface area contributed by atoms with Crippen LogP contribution in [0.1, 0.15) is 24.9 Å². The van der Waals surface area contributed by atoms with Crippen molar-refractivity contribution in [3.8, 4) is 0 Å². The SMILES string of the molecule is C=C(C)CC(NC)c1c(F)c(F)c(F)c(F)c1F. The van der Waals surface area contributed by atoms with Crippen molar-refractivity contribution in [2.75, 3.05) is 7.05 Å². The fraction of sp³-hybridized carbons (Fsp3) is 0.333. The molecule has 18 heavy (non-hydrogen) atoms. The van der Waals surface area contributed by atoms with E-state index < -0.39 is 40.7 Å². The van der Waals surface area contributed by atoms with Gasteiger partial charge in [-0.1, -0.05) is 5.57 Å². The van der Waals surface area contributed by atoms with E-state index in [4.69, 9.17) is 0 Å². The van der Waals surface area contributed by atoms with Gasteiger partial charge >= 0.3 is 0 Å². The predicted molar refractivity (Wildman–Crippen MR) is 57.5 cm³/mol. The first kappa shape index (κ1) is 14.6. The van der Waals surface area contributed by atoms with Crippen LogP contribution < -0.4 is 5.32 Å². The first-order chi connectivity index (χ1) is 8.31. The molecule has 1 nitrogen and oxygen atoms in total. The highest BCUT2D eigenvalue weighted by molar-refractivity contribution is 5.28. The van der Waals surface area contributed by atoms with E-state index in [1.807, 2.05) is 0 Å². The van der Waals surface area contributed by atoms with E-state index >= 15 is 0 Å². The van der Waals surface area contributed by atoms with Gasteiger partial charge in [0.05, 0.1) is 0 Å². The Morgan fingerprint density at radius 1 is 1.00 bits per heavy atom. The lowest BCUT2D eigenvalue weighted by molar-refractivity contribution is 0.358. The molecule has 1 atom stereocenters. The van der Waals surface area contributed by atoms with Gasteiger partial charge in [0.1, 0.15) is 0 Å². The van der Waals surface area contributed by atoms with E-state index in [-0.39, 0.29) is 6.42 Å². The summed E-state index contributed by atoms with van der Waals surface area (Å²) < 4.78 is 65.9. The van der Waals surface area contributed by atoms with E-state index in [1.165, 1.54) is 7.05 Å². The first-order valence-electron chi connectivity index (χ1n) is 5.14. The van der Waals surface area contributed by atoms with Crippen molar-refractivity contribution in [2.24, 2.45) is 0 Å². The van der Waals surface area contributed by atoms with Crippen LogP contribution in [0.15, 0.2) is 12.2 Å². The van der Waals surface area contributed by atoms with Gasteiger partial charge in [0, 0.05) is 11.6 Å². The third-order valence-corrected chi connectivity index (χ3v) is 2.49. The molecular weight excluding hydrogens is 253 g/mol. The van der Waals surface area contributed by atoms with Crippen molar-refractivity contribution in [3.05, 3.63) is 46.8 Å². The molecule has 1 rings (SSSR count). The van der Waals surface area contributed by atoms with Gasteiger partial charge in [0.2, 0.25) is 5.82 Å². The Morgan fingerprint density at radius 3 is 1.72 bits per heavy atom. The van der Waals surface area contributed by atoms with Crippen LogP contribution in [0.25, 0.3) is 0 Å². The van der Waals surface area contributed by atoms with E-state index in [1.54, 1.807) is 6.92 Å². The standard InChI is InChI=1S/C12H12F5N/c1-5(2)4-6(18-3)7-8(13)10(15)12(17)11(16)9(7)14/h6,18H,1,4H2,2-3H3. The van der Waals surface area contributed by atoms with Crippen molar-refractivity contribution in [1.82, 2.24) is 5.32 Å². The predicted octanol–water partition coefficient (Wildman–Crippen LogP) is 3.61. The van der Waals surface area contributed by atoms with Gasteiger partial charge in [-0.05, 0) is 20.4 Å². The minimum absolute atomic E-state index is 0.0643. The largest absolute Gasteiger partial charge is 0.313 e. The monoisotopic (exact) mass is 265 g/mol. The maximum absolute atomic E-state index is 13.5. The molecule has 0 saturated heterocycles. The summed E-state index contributed by atoms with van der Waals surface area (Å²) in [4.78, 5) is 0. The Hall–Kier alpha value is -1.43. The second-order valence-corrected chi connectivity index (χ2v) is 3.99. The number of rotatable bonds is 4. The lowest BCUT2D eigenvalue weighted by Gasteiger charge is -2.19. The third-order valence-electron chi connectivity index (χ3n) is 2.49. The van der Waals surface area contributed by atoms with Crippen molar-refractivity contribution in [1.29, 1.82) is 0 Å². The molecule has 0 aliphatic carbocycles. The number of benzene rings is 1. The van der Waals surface area contributed by atoms with E-state index in [0.717, 1.165) is 0 Å². The van der Waals surface area contributed by atoms with Crippen molar-refractivity contribution < 1.29 is 22.0 Å². The van der Waals surface area contributed by atoms with Gasteiger partial charge < -0.3 is 5.32 Å². The van der Waals surface area contributed by atoms with E-state index in [9.17, 15) is 22.0 Å². The minimum atomic E-state index is -2.15. The van der Waals surface area contributed by atoms with Crippen molar-refractivity contribution >= 4 is 0 Å². The molecule has 0 fully saturated rings. The first-order valence-corrected chi connectivity index (χ1v) is 5.14. The van der Waals surface area contributed by atoms with Crippen LogP contribution in [-0.2, 0) is 0 Å². The molecule has 1 aromatic carbocycles. The maximum atomic E-state index is 13.5. The van der Waals surface area contributed by atoms with Gasteiger partial charge in [-0.15, -0.1) is 6.58 Å². The molecule has 6 heteroatoms. The van der Waals surface area contributed by atoms with Crippen molar-refractivity contribution in [3.63, 3.8) is 0 Å². The zero-order valence-electron chi connectivity index (χ0n) is 9.88. The molecule has 0 amide bonds. The lowest BCUT2D eigenvalue weighted by atomic mass is 9.98. The van der Waals surface area contributed by atoms with Gasteiger partial charge in [-0.3, -0.25) is 0 Å². The molecule has 100 valence electrons. The molecule has 0 radical (unpaired) electrons. The molecule has 1 aromatic rings. The van der Waals surface area contributed by atoms with Crippen molar-refractivity contribution in [2.45, 2.75) is 19.4 Å². The zero-order valence-corrected chi connectivity index (χ0v) is 9.88. The van der Waals surface area contributed by atoms with Crippen LogP contribution in [0.3, 0.4) is 0 Å². The van der Waals surface area contributed by atoms with Crippen LogP contribution in [0.4, 0.5) is 22.0 Å². The number of hydrogen-bond donors (Lipinski definition) is 1. The highest BCUT2D eigenvalue weighted by atomic mass is 19.2. The summed E-state index contributed by atoms with van der Waals surface area (Å²) in [6, 6.07) is -1.02. The Labute approximate surface area is 101 Å². The van der Waals surface area contributed by atoms with Crippen LogP contribution in [0.2, 0.25) is 0 Å². The summed E-state index contributed by atoms with van der Waals surface area (Å²) in [5.74, 6) is -9.66. The van der Waals surface area contributed by atoms with E-state index in [2.05, 4.69) is 11.9 Å². The van der Waals surface area contributed by atoms with Gasteiger partial charge in [0.15, 0.2) is 23.3 Å². The molecule has 0 saturated carbocycles. The number of halogens is 5. The van der Waals surface area contributed by atoms with Crippen LogP contribution in [0.5, 0.6) is 0 Å². The van der Waals surface area contributed by atoms with Crippen LogP contribution >= 0.6 is 0 Å². The molecule has 0 aliphatic heterocycles. The fourth-order valence-electron chi connectivity index (χ4n) is 1.62. The fourth-order valence-corrected chi connectivity index (χ4v) is 1.62. The summed E-state index contributed by atoms with van der Waals surface area (Å²) in [6.07, 6.45) is 0.0643. The summed E-state index contributed by atoms with van der Waals surface area (Å²) in [6.45, 7) is 5.14. The van der Waals surface area contributed by atoms with Gasteiger partial charge in [-0.25, -0.2) is 22.0 Å².